The van der Waals surface area contributed by atoms with Crippen molar-refractivity contribution in [2.45, 2.75) is 4.90 Å². The number of nitriles is 1. The van der Waals surface area contributed by atoms with Crippen LogP contribution in [0.1, 0.15) is 5.56 Å². The van der Waals surface area contributed by atoms with E-state index in [9.17, 15) is 0 Å². The maximum absolute atomic E-state index is 9.10. The van der Waals surface area contributed by atoms with Crippen LogP contribution in [0.2, 0.25) is 0 Å². The average Bonchev–Trinajstić information content (AvgIpc) is 2.40. The van der Waals surface area contributed by atoms with E-state index in [1.165, 1.54) is 0 Å². The molecule has 4 heteroatoms. The van der Waals surface area contributed by atoms with E-state index in [1.54, 1.807) is 17.8 Å². The van der Waals surface area contributed by atoms with Gasteiger partial charge >= 0.3 is 0 Å². The van der Waals surface area contributed by atoms with Gasteiger partial charge < -0.3 is 5.32 Å². The van der Waals surface area contributed by atoms with E-state index >= 15 is 0 Å². The highest BCUT2D eigenvalue weighted by molar-refractivity contribution is 9.10. The predicted molar refractivity (Wildman–Crippen MR) is 80.4 cm³/mol. The Bertz CT molecular complexity index is 605. The number of anilines is 2. The molecule has 0 spiro atoms. The summed E-state index contributed by atoms with van der Waals surface area (Å²) in [6.07, 6.45) is 2.03. The lowest BCUT2D eigenvalue weighted by Crippen LogP contribution is -1.95. The van der Waals surface area contributed by atoms with Gasteiger partial charge in [0, 0.05) is 9.37 Å². The van der Waals surface area contributed by atoms with Crippen LogP contribution in [0.3, 0.4) is 0 Å². The first-order valence-electron chi connectivity index (χ1n) is 5.34. The molecule has 2 aromatic carbocycles. The highest BCUT2D eigenvalue weighted by Gasteiger charge is 2.05. The summed E-state index contributed by atoms with van der Waals surface area (Å²) in [5.41, 5.74) is 2.46. The fourth-order valence-electron chi connectivity index (χ4n) is 1.61. The molecule has 2 rings (SSSR count). The minimum absolute atomic E-state index is 0.633. The van der Waals surface area contributed by atoms with Crippen molar-refractivity contribution in [3.63, 3.8) is 0 Å². The SMILES string of the molecule is CSc1ccccc1Nc1cc(Br)ccc1C#N. The molecule has 0 unspecified atom stereocenters. The molecule has 0 aliphatic rings. The first-order valence-corrected chi connectivity index (χ1v) is 7.36. The van der Waals surface area contributed by atoms with E-state index in [2.05, 4.69) is 33.4 Å². The van der Waals surface area contributed by atoms with Gasteiger partial charge in [-0.25, -0.2) is 0 Å². The average molecular weight is 319 g/mol. The number of thioether (sulfide) groups is 1. The largest absolute Gasteiger partial charge is 0.353 e. The molecule has 0 radical (unpaired) electrons. The fourth-order valence-corrected chi connectivity index (χ4v) is 2.53. The van der Waals surface area contributed by atoms with Gasteiger partial charge in [-0.2, -0.15) is 5.26 Å². The van der Waals surface area contributed by atoms with E-state index in [0.717, 1.165) is 20.7 Å². The zero-order chi connectivity index (χ0) is 13.0. The number of para-hydroxylation sites is 1. The van der Waals surface area contributed by atoms with E-state index in [1.807, 2.05) is 36.6 Å². The summed E-state index contributed by atoms with van der Waals surface area (Å²) in [7, 11) is 0. The summed E-state index contributed by atoms with van der Waals surface area (Å²) >= 11 is 5.10. The van der Waals surface area contributed by atoms with E-state index < -0.39 is 0 Å². The second-order valence-electron chi connectivity index (χ2n) is 3.63. The molecule has 0 fully saturated rings. The molecule has 0 aliphatic heterocycles. The normalized spacial score (nSPS) is 9.83. The summed E-state index contributed by atoms with van der Waals surface area (Å²) in [6, 6.07) is 15.8. The van der Waals surface area contributed by atoms with Crippen LogP contribution in [-0.4, -0.2) is 6.26 Å². The minimum Gasteiger partial charge on any atom is -0.353 e. The molecule has 2 aromatic rings. The number of benzene rings is 2. The van der Waals surface area contributed by atoms with Crippen molar-refractivity contribution < 1.29 is 0 Å². The summed E-state index contributed by atoms with van der Waals surface area (Å²) in [6.45, 7) is 0. The Morgan fingerprint density at radius 2 is 1.94 bits per heavy atom. The molecule has 0 amide bonds. The van der Waals surface area contributed by atoms with Crippen LogP contribution in [0.4, 0.5) is 11.4 Å². The van der Waals surface area contributed by atoms with Crippen LogP contribution in [0.25, 0.3) is 0 Å². The Kier molecular flexibility index (Phi) is 4.29. The number of nitrogens with zero attached hydrogens (tertiary/aromatic N) is 1. The topological polar surface area (TPSA) is 35.8 Å². The maximum Gasteiger partial charge on any atom is 0.101 e. The number of halogens is 1. The van der Waals surface area contributed by atoms with Crippen LogP contribution in [-0.2, 0) is 0 Å². The second-order valence-corrected chi connectivity index (χ2v) is 5.39. The zero-order valence-electron chi connectivity index (χ0n) is 9.77. The Morgan fingerprint density at radius 3 is 2.67 bits per heavy atom. The third-order valence-electron chi connectivity index (χ3n) is 2.48. The molecule has 90 valence electrons. The monoisotopic (exact) mass is 318 g/mol. The number of rotatable bonds is 3. The molecule has 0 aromatic heterocycles. The number of hydrogen-bond donors (Lipinski definition) is 1. The van der Waals surface area contributed by atoms with Gasteiger partial charge in [0.15, 0.2) is 0 Å². The lowest BCUT2D eigenvalue weighted by atomic mass is 10.2. The van der Waals surface area contributed by atoms with Crippen molar-refractivity contribution in [2.24, 2.45) is 0 Å². The van der Waals surface area contributed by atoms with Crippen LogP contribution in [0.5, 0.6) is 0 Å². The molecule has 0 saturated carbocycles. The van der Waals surface area contributed by atoms with E-state index in [-0.39, 0.29) is 0 Å². The van der Waals surface area contributed by atoms with E-state index in [0.29, 0.717) is 5.56 Å². The molecule has 0 heterocycles. The van der Waals surface area contributed by atoms with Gasteiger partial charge in [0.1, 0.15) is 6.07 Å². The standard InChI is InChI=1S/C14H11BrN2S/c1-18-14-5-3-2-4-12(14)17-13-8-11(15)7-6-10(13)9-16/h2-8,17H,1H3. The highest BCUT2D eigenvalue weighted by atomic mass is 79.9. The quantitative estimate of drug-likeness (QED) is 0.827. The summed E-state index contributed by atoms with van der Waals surface area (Å²) in [4.78, 5) is 1.15. The van der Waals surface area contributed by atoms with Crippen LogP contribution in [0.15, 0.2) is 51.8 Å². The van der Waals surface area contributed by atoms with Gasteiger partial charge in [-0.1, -0.05) is 28.1 Å². The van der Waals surface area contributed by atoms with Crippen LogP contribution < -0.4 is 5.32 Å². The zero-order valence-corrected chi connectivity index (χ0v) is 12.2. The molecule has 2 nitrogen and oxygen atoms in total. The first kappa shape index (κ1) is 13.0. The minimum atomic E-state index is 0.633. The van der Waals surface area contributed by atoms with Crippen molar-refractivity contribution in [1.82, 2.24) is 0 Å². The molecule has 18 heavy (non-hydrogen) atoms. The fraction of sp³-hybridized carbons (Fsp3) is 0.0714. The summed E-state index contributed by atoms with van der Waals surface area (Å²) in [5, 5.41) is 12.4. The molecule has 1 N–H and O–H groups in total. The Labute approximate surface area is 119 Å². The van der Waals surface area contributed by atoms with Crippen LogP contribution >= 0.6 is 27.7 Å². The van der Waals surface area contributed by atoms with Gasteiger partial charge in [-0.3, -0.25) is 0 Å². The highest BCUT2D eigenvalue weighted by Crippen LogP contribution is 2.30. The van der Waals surface area contributed by atoms with Gasteiger partial charge in [-0.15, -0.1) is 11.8 Å². The predicted octanol–water partition coefficient (Wildman–Crippen LogP) is 4.79. The Balaban J connectivity index is 2.40. The summed E-state index contributed by atoms with van der Waals surface area (Å²) in [5.74, 6) is 0. The van der Waals surface area contributed by atoms with E-state index in [4.69, 9.17) is 5.26 Å². The van der Waals surface area contributed by atoms with Crippen molar-refractivity contribution in [2.75, 3.05) is 11.6 Å². The lowest BCUT2D eigenvalue weighted by molar-refractivity contribution is 1.39. The second kappa shape index (κ2) is 5.94. The summed E-state index contributed by atoms with van der Waals surface area (Å²) < 4.78 is 0.950. The Hall–Kier alpha value is -1.44. The molecule has 0 bridgehead atoms. The molecular weight excluding hydrogens is 308 g/mol. The van der Waals surface area contributed by atoms with Gasteiger partial charge in [0.25, 0.3) is 0 Å². The molecule has 0 atom stereocenters. The lowest BCUT2D eigenvalue weighted by Gasteiger charge is -2.11. The number of hydrogen-bond acceptors (Lipinski definition) is 3. The molecule has 0 saturated heterocycles. The third-order valence-corrected chi connectivity index (χ3v) is 3.77. The van der Waals surface area contributed by atoms with Crippen LogP contribution in [0, 0.1) is 11.3 Å². The first-order chi connectivity index (χ1) is 8.74. The van der Waals surface area contributed by atoms with Gasteiger partial charge in [0.05, 0.1) is 16.9 Å². The smallest absolute Gasteiger partial charge is 0.101 e. The van der Waals surface area contributed by atoms with Crippen molar-refractivity contribution in [1.29, 1.82) is 5.26 Å². The molecule has 0 aliphatic carbocycles. The van der Waals surface area contributed by atoms with Crippen molar-refractivity contribution >= 4 is 39.1 Å². The number of nitrogens with one attached hydrogen (secondary N) is 1. The third kappa shape index (κ3) is 2.87. The molecular formula is C14H11BrN2S. The van der Waals surface area contributed by atoms with Gasteiger partial charge in [-0.05, 0) is 36.6 Å². The van der Waals surface area contributed by atoms with Crippen molar-refractivity contribution in [3.05, 3.63) is 52.5 Å². The van der Waals surface area contributed by atoms with Crippen molar-refractivity contribution in [3.8, 4) is 6.07 Å². The van der Waals surface area contributed by atoms with Gasteiger partial charge in [0.2, 0.25) is 0 Å². The maximum atomic E-state index is 9.10. The Morgan fingerprint density at radius 1 is 1.17 bits per heavy atom.